The first-order valence-corrected chi connectivity index (χ1v) is 6.72. The van der Waals surface area contributed by atoms with Gasteiger partial charge in [0.15, 0.2) is 0 Å². The van der Waals surface area contributed by atoms with Gasteiger partial charge in [0.1, 0.15) is 0 Å². The van der Waals surface area contributed by atoms with Crippen molar-refractivity contribution in [1.82, 2.24) is 9.88 Å². The summed E-state index contributed by atoms with van der Waals surface area (Å²) in [4.78, 5) is 6.80. The van der Waals surface area contributed by atoms with Crippen molar-refractivity contribution >= 4 is 11.3 Å². The fraction of sp³-hybridized carbons (Fsp3) is 0.750. The van der Waals surface area contributed by atoms with Gasteiger partial charge >= 0.3 is 0 Å². The molecule has 3 nitrogen and oxygen atoms in total. The van der Waals surface area contributed by atoms with E-state index in [0.29, 0.717) is 12.0 Å². The number of thiazole rings is 1. The molecule has 1 atom stereocenters. The lowest BCUT2D eigenvalue weighted by Gasteiger charge is -2.27. The van der Waals surface area contributed by atoms with Crippen LogP contribution in [-0.4, -0.2) is 29.5 Å². The predicted octanol–water partition coefficient (Wildman–Crippen LogP) is 2.26. The van der Waals surface area contributed by atoms with Crippen LogP contribution >= 0.6 is 11.3 Å². The molecule has 16 heavy (non-hydrogen) atoms. The first-order chi connectivity index (χ1) is 7.52. The van der Waals surface area contributed by atoms with Gasteiger partial charge < -0.3 is 5.73 Å². The maximum atomic E-state index is 5.82. The summed E-state index contributed by atoms with van der Waals surface area (Å²) in [6, 6.07) is 0.460. The fourth-order valence-corrected chi connectivity index (χ4v) is 2.47. The Kier molecular flexibility index (Phi) is 5.38. The Balaban J connectivity index is 2.52. The Morgan fingerprint density at radius 3 is 2.62 bits per heavy atom. The lowest BCUT2D eigenvalue weighted by atomic mass is 10.0. The molecule has 2 N–H and O–H groups in total. The highest BCUT2D eigenvalue weighted by Gasteiger charge is 2.15. The van der Waals surface area contributed by atoms with Crippen molar-refractivity contribution in [2.75, 3.05) is 13.6 Å². The van der Waals surface area contributed by atoms with Gasteiger partial charge in [-0.2, -0.15) is 0 Å². The number of likely N-dealkylation sites (N-methyl/N-ethyl adjacent to an activating group) is 1. The second-order valence-electron chi connectivity index (χ2n) is 4.79. The van der Waals surface area contributed by atoms with Crippen molar-refractivity contribution in [3.63, 3.8) is 0 Å². The average Bonchev–Trinajstić information content (AvgIpc) is 2.60. The Bertz CT molecular complexity index is 309. The minimum absolute atomic E-state index is 0.460. The van der Waals surface area contributed by atoms with Crippen molar-refractivity contribution in [2.24, 2.45) is 11.7 Å². The minimum Gasteiger partial charge on any atom is -0.329 e. The van der Waals surface area contributed by atoms with Gasteiger partial charge in [0.2, 0.25) is 0 Å². The zero-order valence-electron chi connectivity index (χ0n) is 10.7. The van der Waals surface area contributed by atoms with Crippen LogP contribution in [0.15, 0.2) is 5.38 Å². The molecule has 0 aliphatic carbocycles. The van der Waals surface area contributed by atoms with Crippen LogP contribution < -0.4 is 5.73 Å². The van der Waals surface area contributed by atoms with Gasteiger partial charge in [-0.3, -0.25) is 4.90 Å². The number of nitrogens with two attached hydrogens (primary N) is 1. The number of hydrogen-bond acceptors (Lipinski definition) is 4. The summed E-state index contributed by atoms with van der Waals surface area (Å²) >= 11 is 1.71. The number of nitrogens with zero attached hydrogens (tertiary/aromatic N) is 2. The molecule has 0 aliphatic rings. The maximum Gasteiger partial charge on any atom is 0.0897 e. The van der Waals surface area contributed by atoms with Gasteiger partial charge in [0.05, 0.1) is 10.7 Å². The summed E-state index contributed by atoms with van der Waals surface area (Å²) in [6.07, 6.45) is 1.15. The van der Waals surface area contributed by atoms with Crippen LogP contribution in [0.1, 0.15) is 31.0 Å². The molecule has 0 radical (unpaired) electrons. The van der Waals surface area contributed by atoms with Crippen LogP contribution in [0.5, 0.6) is 0 Å². The van der Waals surface area contributed by atoms with Crippen LogP contribution in [-0.2, 0) is 6.54 Å². The zero-order chi connectivity index (χ0) is 12.1. The Labute approximate surface area is 103 Å². The largest absolute Gasteiger partial charge is 0.329 e. The Morgan fingerprint density at radius 1 is 1.50 bits per heavy atom. The highest BCUT2D eigenvalue weighted by atomic mass is 32.1. The van der Waals surface area contributed by atoms with Gasteiger partial charge in [-0.25, -0.2) is 4.98 Å². The van der Waals surface area contributed by atoms with E-state index in [-0.39, 0.29) is 0 Å². The first kappa shape index (κ1) is 13.6. The second-order valence-corrected chi connectivity index (χ2v) is 5.85. The van der Waals surface area contributed by atoms with Crippen LogP contribution in [0.2, 0.25) is 0 Å². The van der Waals surface area contributed by atoms with E-state index < -0.39 is 0 Å². The SMILES string of the molecule is Cc1nc(CN(C)C(CN)CC(C)C)cs1. The molecule has 1 aromatic heterocycles. The van der Waals surface area contributed by atoms with Crippen LogP contribution in [0.4, 0.5) is 0 Å². The van der Waals surface area contributed by atoms with E-state index in [1.54, 1.807) is 11.3 Å². The smallest absolute Gasteiger partial charge is 0.0897 e. The number of aromatic nitrogens is 1. The Hall–Kier alpha value is -0.450. The summed E-state index contributed by atoms with van der Waals surface area (Å²) in [7, 11) is 2.13. The topological polar surface area (TPSA) is 42.2 Å². The third kappa shape index (κ3) is 4.20. The zero-order valence-corrected chi connectivity index (χ0v) is 11.5. The normalized spacial score (nSPS) is 13.7. The molecule has 0 saturated carbocycles. The number of hydrogen-bond donors (Lipinski definition) is 1. The van der Waals surface area contributed by atoms with Crippen molar-refractivity contribution in [2.45, 2.75) is 39.8 Å². The Morgan fingerprint density at radius 2 is 2.19 bits per heavy atom. The molecule has 0 fully saturated rings. The van der Waals surface area contributed by atoms with E-state index in [0.717, 1.165) is 30.2 Å². The summed E-state index contributed by atoms with van der Waals surface area (Å²) in [6.45, 7) is 8.15. The van der Waals surface area contributed by atoms with E-state index in [4.69, 9.17) is 5.73 Å². The third-order valence-corrected chi connectivity index (χ3v) is 3.54. The number of rotatable bonds is 6. The monoisotopic (exact) mass is 241 g/mol. The molecule has 0 aliphatic heterocycles. The molecular formula is C12H23N3S. The second kappa shape index (κ2) is 6.33. The highest BCUT2D eigenvalue weighted by Crippen LogP contribution is 2.14. The molecule has 0 bridgehead atoms. The summed E-state index contributed by atoms with van der Waals surface area (Å²) in [5.41, 5.74) is 6.98. The molecule has 1 rings (SSSR count). The van der Waals surface area contributed by atoms with E-state index >= 15 is 0 Å². The molecule has 1 heterocycles. The molecule has 0 saturated heterocycles. The highest BCUT2D eigenvalue weighted by molar-refractivity contribution is 7.09. The molecule has 0 spiro atoms. The van der Waals surface area contributed by atoms with Gasteiger partial charge in [-0.15, -0.1) is 11.3 Å². The van der Waals surface area contributed by atoms with Crippen molar-refractivity contribution in [3.8, 4) is 0 Å². The van der Waals surface area contributed by atoms with Gasteiger partial charge in [0.25, 0.3) is 0 Å². The number of aryl methyl sites for hydroxylation is 1. The fourth-order valence-electron chi connectivity index (χ4n) is 1.87. The lowest BCUT2D eigenvalue weighted by Crippen LogP contribution is -2.38. The van der Waals surface area contributed by atoms with Crippen molar-refractivity contribution in [3.05, 3.63) is 16.1 Å². The third-order valence-electron chi connectivity index (χ3n) is 2.72. The predicted molar refractivity (Wildman–Crippen MR) is 70.6 cm³/mol. The summed E-state index contributed by atoms with van der Waals surface area (Å²) < 4.78 is 0. The van der Waals surface area contributed by atoms with Crippen LogP contribution in [0.3, 0.4) is 0 Å². The quantitative estimate of drug-likeness (QED) is 0.830. The van der Waals surface area contributed by atoms with Gasteiger partial charge in [-0.05, 0) is 26.3 Å². The van der Waals surface area contributed by atoms with Crippen LogP contribution in [0.25, 0.3) is 0 Å². The van der Waals surface area contributed by atoms with Crippen molar-refractivity contribution < 1.29 is 0 Å². The van der Waals surface area contributed by atoms with E-state index in [1.165, 1.54) is 0 Å². The van der Waals surface area contributed by atoms with E-state index in [9.17, 15) is 0 Å². The first-order valence-electron chi connectivity index (χ1n) is 5.84. The van der Waals surface area contributed by atoms with Crippen LogP contribution in [0, 0.1) is 12.8 Å². The molecular weight excluding hydrogens is 218 g/mol. The van der Waals surface area contributed by atoms with E-state index in [2.05, 4.69) is 36.2 Å². The molecule has 92 valence electrons. The average molecular weight is 241 g/mol. The minimum atomic E-state index is 0.460. The van der Waals surface area contributed by atoms with E-state index in [1.807, 2.05) is 6.92 Å². The summed E-state index contributed by atoms with van der Waals surface area (Å²) in [5.74, 6) is 0.688. The maximum absolute atomic E-state index is 5.82. The van der Waals surface area contributed by atoms with Gasteiger partial charge in [-0.1, -0.05) is 13.8 Å². The molecule has 1 unspecified atom stereocenters. The standard InChI is InChI=1S/C12H23N3S/c1-9(2)5-12(6-13)15(4)7-11-8-16-10(3)14-11/h8-9,12H,5-7,13H2,1-4H3. The lowest BCUT2D eigenvalue weighted by molar-refractivity contribution is 0.208. The van der Waals surface area contributed by atoms with Gasteiger partial charge in [0, 0.05) is 24.5 Å². The van der Waals surface area contributed by atoms with Crippen molar-refractivity contribution in [1.29, 1.82) is 0 Å². The molecule has 0 aromatic carbocycles. The molecule has 4 heteroatoms. The molecule has 1 aromatic rings. The summed E-state index contributed by atoms with van der Waals surface area (Å²) in [5, 5.41) is 3.27. The molecule has 0 amide bonds.